The lowest BCUT2D eigenvalue weighted by atomic mass is 9.98. The molecule has 0 saturated carbocycles. The maximum absolute atomic E-state index is 14.1. The Bertz CT molecular complexity index is 1590. The maximum Gasteiger partial charge on any atom is 0.265 e. The molecule has 0 fully saturated rings. The predicted molar refractivity (Wildman–Crippen MR) is 143 cm³/mol. The Labute approximate surface area is 217 Å². The van der Waals surface area contributed by atoms with Crippen molar-refractivity contribution in [3.8, 4) is 0 Å². The molecular formula is C28H25N3O4S2. The number of sulfonamides is 2. The van der Waals surface area contributed by atoms with Crippen LogP contribution in [0.15, 0.2) is 107 Å². The van der Waals surface area contributed by atoms with Gasteiger partial charge < -0.3 is 0 Å². The van der Waals surface area contributed by atoms with Gasteiger partial charge in [-0.25, -0.2) is 25.4 Å². The van der Waals surface area contributed by atoms with Crippen LogP contribution >= 0.6 is 0 Å². The van der Waals surface area contributed by atoms with E-state index in [4.69, 9.17) is 0 Å². The van der Waals surface area contributed by atoms with E-state index in [1.807, 2.05) is 13.8 Å². The van der Waals surface area contributed by atoms with E-state index in [1.54, 1.807) is 97.1 Å². The molecule has 2 heterocycles. The van der Waals surface area contributed by atoms with Crippen molar-refractivity contribution in [2.45, 2.75) is 36.0 Å². The molecule has 2 aliphatic rings. The fourth-order valence-electron chi connectivity index (χ4n) is 5.02. The highest BCUT2D eigenvalue weighted by Crippen LogP contribution is 2.51. The van der Waals surface area contributed by atoms with E-state index >= 15 is 0 Å². The molecule has 2 atom stereocenters. The van der Waals surface area contributed by atoms with Crippen LogP contribution in [0.4, 0.5) is 11.4 Å². The summed E-state index contributed by atoms with van der Waals surface area (Å²) in [5.74, 6) is 0. The zero-order valence-corrected chi connectivity index (χ0v) is 21.9. The average molecular weight is 532 g/mol. The smallest absolute Gasteiger partial charge is 0.265 e. The summed E-state index contributed by atoms with van der Waals surface area (Å²) in [5.41, 5.74) is 3.90. The van der Waals surface area contributed by atoms with Crippen LogP contribution in [0, 0.1) is 13.8 Å². The van der Waals surface area contributed by atoms with Crippen molar-refractivity contribution in [3.05, 3.63) is 119 Å². The second-order valence-electron chi connectivity index (χ2n) is 9.32. The third-order valence-electron chi connectivity index (χ3n) is 6.88. The van der Waals surface area contributed by atoms with Crippen LogP contribution in [0.3, 0.4) is 0 Å². The van der Waals surface area contributed by atoms with E-state index in [9.17, 15) is 16.8 Å². The average Bonchev–Trinajstić information content (AvgIpc) is 2.89. The molecule has 0 saturated heterocycles. The molecule has 0 amide bonds. The van der Waals surface area contributed by atoms with Gasteiger partial charge in [0.1, 0.15) is 12.3 Å². The van der Waals surface area contributed by atoms with Crippen LogP contribution in [-0.4, -0.2) is 16.8 Å². The molecule has 0 aromatic heterocycles. The number of rotatable bonds is 4. The minimum Gasteiger partial charge on any atom is -0.268 e. The van der Waals surface area contributed by atoms with Crippen LogP contribution in [-0.2, 0) is 20.0 Å². The molecule has 2 aliphatic heterocycles. The topological polar surface area (TPSA) is 86.8 Å². The molecule has 0 radical (unpaired) electrons. The van der Waals surface area contributed by atoms with Crippen molar-refractivity contribution >= 4 is 31.4 Å². The first-order valence-electron chi connectivity index (χ1n) is 11.9. The summed E-state index contributed by atoms with van der Waals surface area (Å²) in [6.07, 6.45) is -1.60. The summed E-state index contributed by atoms with van der Waals surface area (Å²) in [6.45, 7) is 3.80. The number of para-hydroxylation sites is 2. The van der Waals surface area contributed by atoms with E-state index in [1.165, 1.54) is 8.61 Å². The summed E-state index contributed by atoms with van der Waals surface area (Å²) in [4.78, 5) is 0.334. The highest BCUT2D eigenvalue weighted by Gasteiger charge is 2.49. The number of benzene rings is 4. The Morgan fingerprint density at radius 3 is 1.27 bits per heavy atom. The third-order valence-corrected chi connectivity index (χ3v) is 10.5. The second kappa shape index (κ2) is 8.44. The number of anilines is 2. The molecule has 6 rings (SSSR count). The number of aryl methyl sites for hydroxylation is 2. The molecule has 0 aliphatic carbocycles. The Kier molecular flexibility index (Phi) is 5.41. The third kappa shape index (κ3) is 3.65. The minimum absolute atomic E-state index is 0.167. The van der Waals surface area contributed by atoms with Crippen LogP contribution in [0.2, 0.25) is 0 Å². The number of hydrogen-bond acceptors (Lipinski definition) is 5. The van der Waals surface area contributed by atoms with Gasteiger partial charge in [0.25, 0.3) is 20.0 Å². The Morgan fingerprint density at radius 2 is 0.892 bits per heavy atom. The fraction of sp³-hybridized carbons (Fsp3) is 0.143. The summed E-state index contributed by atoms with van der Waals surface area (Å²) in [5, 5.41) is 3.33. The van der Waals surface area contributed by atoms with Gasteiger partial charge >= 0.3 is 0 Å². The molecule has 1 N–H and O–H groups in total. The lowest BCUT2D eigenvalue weighted by Gasteiger charge is -2.50. The number of fused-ring (bicyclic) bond motifs is 6. The van der Waals surface area contributed by atoms with E-state index < -0.39 is 32.4 Å². The van der Waals surface area contributed by atoms with Gasteiger partial charge in [-0.05, 0) is 50.2 Å². The van der Waals surface area contributed by atoms with Gasteiger partial charge in [0.15, 0.2) is 0 Å². The molecule has 2 bridgehead atoms. The molecule has 0 spiro atoms. The molecular weight excluding hydrogens is 506 g/mol. The first kappa shape index (κ1) is 23.7. The van der Waals surface area contributed by atoms with Gasteiger partial charge in [0.2, 0.25) is 0 Å². The van der Waals surface area contributed by atoms with E-state index in [0.29, 0.717) is 22.5 Å². The Hall–Kier alpha value is -3.66. The van der Waals surface area contributed by atoms with Gasteiger partial charge in [-0.3, -0.25) is 5.32 Å². The summed E-state index contributed by atoms with van der Waals surface area (Å²) >= 11 is 0. The van der Waals surface area contributed by atoms with E-state index in [2.05, 4.69) is 5.32 Å². The SMILES string of the molecule is Cc1ccc(S(=O)(=O)N2c3ccccc3[C@H]3N[C@@H]2c2ccccc2N3S(=O)(=O)c2ccc(C)cc2)cc1. The quantitative estimate of drug-likeness (QED) is 0.400. The molecule has 4 aromatic rings. The predicted octanol–water partition coefficient (Wildman–Crippen LogP) is 5.01. The van der Waals surface area contributed by atoms with Crippen molar-refractivity contribution in [3.63, 3.8) is 0 Å². The largest absolute Gasteiger partial charge is 0.268 e. The van der Waals surface area contributed by atoms with Crippen LogP contribution in [0.25, 0.3) is 0 Å². The minimum atomic E-state index is -3.99. The summed E-state index contributed by atoms with van der Waals surface area (Å²) in [7, 11) is -7.99. The monoisotopic (exact) mass is 531 g/mol. The second-order valence-corrected chi connectivity index (χ2v) is 12.9. The van der Waals surface area contributed by atoms with Crippen LogP contribution in [0.5, 0.6) is 0 Å². The molecule has 7 nitrogen and oxygen atoms in total. The van der Waals surface area contributed by atoms with Crippen molar-refractivity contribution in [1.82, 2.24) is 5.32 Å². The Balaban J connectivity index is 1.58. The highest BCUT2D eigenvalue weighted by molar-refractivity contribution is 7.93. The van der Waals surface area contributed by atoms with Crippen molar-refractivity contribution in [2.24, 2.45) is 0 Å². The fourth-order valence-corrected chi connectivity index (χ4v) is 8.19. The van der Waals surface area contributed by atoms with Gasteiger partial charge in [-0.15, -0.1) is 0 Å². The van der Waals surface area contributed by atoms with Crippen LogP contribution < -0.4 is 13.9 Å². The Morgan fingerprint density at radius 1 is 0.541 bits per heavy atom. The van der Waals surface area contributed by atoms with Gasteiger partial charge in [-0.1, -0.05) is 71.8 Å². The summed E-state index contributed by atoms with van der Waals surface area (Å²) in [6, 6.07) is 27.6. The maximum atomic E-state index is 14.1. The highest BCUT2D eigenvalue weighted by atomic mass is 32.2. The van der Waals surface area contributed by atoms with Gasteiger partial charge in [0, 0.05) is 11.1 Å². The normalized spacial score (nSPS) is 18.8. The lowest BCUT2D eigenvalue weighted by Crippen LogP contribution is -2.57. The van der Waals surface area contributed by atoms with Crippen molar-refractivity contribution in [1.29, 1.82) is 0 Å². The summed E-state index contributed by atoms with van der Waals surface area (Å²) < 4.78 is 59.0. The van der Waals surface area contributed by atoms with E-state index in [0.717, 1.165) is 11.1 Å². The zero-order chi connectivity index (χ0) is 25.9. The molecule has 4 aromatic carbocycles. The first-order chi connectivity index (χ1) is 17.7. The molecule has 0 unspecified atom stereocenters. The molecule has 188 valence electrons. The number of hydrogen-bond donors (Lipinski definition) is 1. The van der Waals surface area contributed by atoms with Crippen LogP contribution in [0.1, 0.15) is 34.6 Å². The molecule has 37 heavy (non-hydrogen) atoms. The zero-order valence-electron chi connectivity index (χ0n) is 20.2. The van der Waals surface area contributed by atoms with E-state index in [-0.39, 0.29) is 9.79 Å². The van der Waals surface area contributed by atoms with Crippen molar-refractivity contribution < 1.29 is 16.8 Å². The van der Waals surface area contributed by atoms with Crippen molar-refractivity contribution in [2.75, 3.05) is 8.61 Å². The number of nitrogens with one attached hydrogen (secondary N) is 1. The van der Waals surface area contributed by atoms with Gasteiger partial charge in [-0.2, -0.15) is 0 Å². The van der Waals surface area contributed by atoms with Gasteiger partial charge in [0.05, 0.1) is 21.2 Å². The standard InChI is InChI=1S/C28H25N3O4S2/c1-19-11-15-21(16-12-19)36(32,33)30-25-9-5-3-7-23(25)28-29-27(30)24-8-4-6-10-26(24)31(28)37(34,35)22-17-13-20(2)14-18-22/h3-18,27-29H,1-2H3/t27-,28-/m0/s1. The first-order valence-corrected chi connectivity index (χ1v) is 14.7. The lowest BCUT2D eigenvalue weighted by molar-refractivity contribution is 0.414. The number of nitrogens with zero attached hydrogens (tertiary/aromatic N) is 2. The molecule has 9 heteroatoms.